The highest BCUT2D eigenvalue weighted by atomic mass is 32.2. The molecule has 9 heteroatoms. The van der Waals surface area contributed by atoms with Crippen LogP contribution in [0.25, 0.3) is 0 Å². The second-order valence-corrected chi connectivity index (χ2v) is 10.7. The quantitative estimate of drug-likeness (QED) is 0.494. The normalized spacial score (nSPS) is 26.5. The summed E-state index contributed by atoms with van der Waals surface area (Å²) in [6, 6.07) is 7.15. The Morgan fingerprint density at radius 1 is 1.21 bits per heavy atom. The molecule has 0 radical (unpaired) electrons. The van der Waals surface area contributed by atoms with Gasteiger partial charge in [-0.3, -0.25) is 4.18 Å². The fourth-order valence-corrected chi connectivity index (χ4v) is 5.54. The summed E-state index contributed by atoms with van der Waals surface area (Å²) >= 11 is 0. The number of piperidine rings is 1. The first-order chi connectivity index (χ1) is 15.8. The molecule has 8 nitrogen and oxygen atoms in total. The van der Waals surface area contributed by atoms with Gasteiger partial charge >= 0.3 is 0 Å². The van der Waals surface area contributed by atoms with Crippen molar-refractivity contribution < 1.29 is 22.4 Å². The molecule has 2 heterocycles. The Morgan fingerprint density at radius 3 is 2.73 bits per heavy atom. The van der Waals surface area contributed by atoms with Gasteiger partial charge in [0.1, 0.15) is 12.7 Å². The minimum absolute atomic E-state index is 0.00496. The largest absolute Gasteiger partial charge is 0.495 e. The van der Waals surface area contributed by atoms with E-state index in [1.807, 2.05) is 13.1 Å². The lowest BCUT2D eigenvalue weighted by Crippen LogP contribution is -2.49. The number of benzene rings is 1. The van der Waals surface area contributed by atoms with Crippen LogP contribution in [-0.2, 0) is 19.0 Å². The van der Waals surface area contributed by atoms with Crippen LogP contribution in [0, 0.1) is 12.8 Å². The number of hydrogen-bond donors (Lipinski definition) is 3. The number of nitrogens with two attached hydrogens (primary N) is 1. The molecular weight excluding hydrogens is 442 g/mol. The van der Waals surface area contributed by atoms with Gasteiger partial charge in [0.15, 0.2) is 0 Å². The zero-order chi connectivity index (χ0) is 23.4. The summed E-state index contributed by atoms with van der Waals surface area (Å²) in [4.78, 5) is 4.36. The molecular formula is C24H33N3O5S. The van der Waals surface area contributed by atoms with Crippen LogP contribution in [-0.4, -0.2) is 50.8 Å². The summed E-state index contributed by atoms with van der Waals surface area (Å²) in [7, 11) is -3.91. The van der Waals surface area contributed by atoms with Crippen LogP contribution in [0.2, 0.25) is 0 Å². The average molecular weight is 476 g/mol. The number of nitrogens with zero attached hydrogens (tertiary/aromatic N) is 1. The third-order valence-electron chi connectivity index (χ3n) is 6.57. The topological polar surface area (TPSA) is 123 Å². The molecule has 0 amide bonds. The lowest BCUT2D eigenvalue weighted by molar-refractivity contribution is 0.0313. The van der Waals surface area contributed by atoms with Crippen molar-refractivity contribution in [3.8, 4) is 0 Å². The lowest BCUT2D eigenvalue weighted by Gasteiger charge is -2.41. The summed E-state index contributed by atoms with van der Waals surface area (Å²) in [6.07, 6.45) is 8.58. The predicted molar refractivity (Wildman–Crippen MR) is 126 cm³/mol. The molecule has 1 fully saturated rings. The minimum atomic E-state index is -3.91. The maximum absolute atomic E-state index is 12.3. The number of hydrogen-bond acceptors (Lipinski definition) is 8. The molecule has 2 unspecified atom stereocenters. The number of allylic oxidation sites excluding steroid dienone is 1. The highest BCUT2D eigenvalue weighted by Gasteiger charge is 2.34. The molecule has 0 aromatic heterocycles. The van der Waals surface area contributed by atoms with E-state index in [1.165, 1.54) is 17.7 Å². The monoisotopic (exact) mass is 475 g/mol. The SMILES string of the molecule is Cc1ccc(S(=O)(=O)OCC(O)COC2=CC[C@@H]3NC(C4=CN=C(N)CC4)CC[C@@H]3C2)cc1. The zero-order valence-electron chi connectivity index (χ0n) is 18.9. The number of amidine groups is 1. The second kappa shape index (κ2) is 10.4. The Morgan fingerprint density at radius 2 is 2.00 bits per heavy atom. The summed E-state index contributed by atoms with van der Waals surface area (Å²) in [5.74, 6) is 2.04. The smallest absolute Gasteiger partial charge is 0.297 e. The maximum Gasteiger partial charge on any atom is 0.297 e. The van der Waals surface area contributed by atoms with Gasteiger partial charge in [0.25, 0.3) is 10.1 Å². The van der Waals surface area contributed by atoms with E-state index in [0.717, 1.165) is 49.8 Å². The Bertz CT molecular complexity index is 1030. The Labute approximate surface area is 195 Å². The molecule has 1 aromatic rings. The van der Waals surface area contributed by atoms with E-state index in [9.17, 15) is 13.5 Å². The number of aryl methyl sites for hydroxylation is 1. The fraction of sp³-hybridized carbons (Fsp3) is 0.542. The second-order valence-electron chi connectivity index (χ2n) is 9.11. The number of aliphatic hydroxyl groups is 1. The van der Waals surface area contributed by atoms with Gasteiger partial charge in [0.2, 0.25) is 0 Å². The molecule has 4 atom stereocenters. The van der Waals surface area contributed by atoms with E-state index in [1.54, 1.807) is 12.1 Å². The van der Waals surface area contributed by atoms with Gasteiger partial charge in [0, 0.05) is 31.1 Å². The lowest BCUT2D eigenvalue weighted by atomic mass is 9.78. The maximum atomic E-state index is 12.3. The molecule has 0 spiro atoms. The molecule has 4 N–H and O–H groups in total. The highest BCUT2D eigenvalue weighted by molar-refractivity contribution is 7.86. The van der Waals surface area contributed by atoms with Crippen LogP contribution in [0.15, 0.2) is 57.8 Å². The molecule has 0 saturated carbocycles. The predicted octanol–water partition coefficient (Wildman–Crippen LogP) is 2.53. The number of rotatable bonds is 8. The molecule has 0 bridgehead atoms. The number of aliphatic imine (C=N–C) groups is 1. The van der Waals surface area contributed by atoms with Crippen molar-refractivity contribution in [3.63, 3.8) is 0 Å². The van der Waals surface area contributed by atoms with Crippen LogP contribution in [0.1, 0.15) is 44.1 Å². The van der Waals surface area contributed by atoms with Crippen LogP contribution >= 0.6 is 0 Å². The minimum Gasteiger partial charge on any atom is -0.495 e. The van der Waals surface area contributed by atoms with E-state index in [2.05, 4.69) is 16.4 Å². The summed E-state index contributed by atoms with van der Waals surface area (Å²) in [5.41, 5.74) is 8.07. The number of aliphatic hydroxyl groups excluding tert-OH is 1. The molecule has 33 heavy (non-hydrogen) atoms. The van der Waals surface area contributed by atoms with Crippen LogP contribution in [0.3, 0.4) is 0 Å². The standard InChI is InChI=1S/C24H33N3O5S/c1-16-2-7-21(8-3-16)33(29,30)32-15-19(28)14-31-20-6-10-22-17(12-20)4-9-23(27-22)18-5-11-24(25)26-13-18/h2-3,6-8,13,17,19,22-23,27-28H,4-5,9-12,14-15H2,1H3,(H2,25,26)/t17-,19?,22+,23?/m1/s1. The molecule has 3 aliphatic rings. The Balaban J connectivity index is 1.23. The van der Waals surface area contributed by atoms with Gasteiger partial charge in [-0.15, -0.1) is 0 Å². The van der Waals surface area contributed by atoms with Gasteiger partial charge in [-0.25, -0.2) is 4.99 Å². The van der Waals surface area contributed by atoms with Crippen molar-refractivity contribution in [2.75, 3.05) is 13.2 Å². The summed E-state index contributed by atoms with van der Waals surface area (Å²) in [6.45, 7) is 1.53. The third kappa shape index (κ3) is 6.23. The molecule has 4 rings (SSSR count). The molecule has 1 saturated heterocycles. The first kappa shape index (κ1) is 23.9. The van der Waals surface area contributed by atoms with Gasteiger partial charge in [-0.05, 0) is 62.3 Å². The highest BCUT2D eigenvalue weighted by Crippen LogP contribution is 2.35. The van der Waals surface area contributed by atoms with E-state index in [4.69, 9.17) is 14.7 Å². The van der Waals surface area contributed by atoms with Crippen LogP contribution < -0.4 is 11.1 Å². The van der Waals surface area contributed by atoms with Gasteiger partial charge < -0.3 is 20.9 Å². The molecule has 180 valence electrons. The van der Waals surface area contributed by atoms with Crippen molar-refractivity contribution in [1.29, 1.82) is 0 Å². The number of ether oxygens (including phenoxy) is 1. The van der Waals surface area contributed by atoms with Crippen molar-refractivity contribution in [1.82, 2.24) is 5.32 Å². The third-order valence-corrected chi connectivity index (χ3v) is 7.87. The van der Waals surface area contributed by atoms with Crippen molar-refractivity contribution in [2.24, 2.45) is 16.6 Å². The van der Waals surface area contributed by atoms with Crippen LogP contribution in [0.4, 0.5) is 0 Å². The van der Waals surface area contributed by atoms with Gasteiger partial charge in [-0.2, -0.15) is 8.42 Å². The zero-order valence-corrected chi connectivity index (χ0v) is 19.8. The molecule has 1 aromatic carbocycles. The van der Waals surface area contributed by atoms with E-state index < -0.39 is 16.2 Å². The van der Waals surface area contributed by atoms with E-state index >= 15 is 0 Å². The average Bonchev–Trinajstić information content (AvgIpc) is 2.82. The number of nitrogens with one attached hydrogen (secondary N) is 1. The fourth-order valence-electron chi connectivity index (χ4n) is 4.60. The van der Waals surface area contributed by atoms with Crippen molar-refractivity contribution >= 4 is 16.0 Å². The summed E-state index contributed by atoms with van der Waals surface area (Å²) in [5, 5.41) is 14.0. The van der Waals surface area contributed by atoms with Gasteiger partial charge in [-0.1, -0.05) is 17.7 Å². The van der Waals surface area contributed by atoms with E-state index in [0.29, 0.717) is 23.8 Å². The first-order valence-corrected chi connectivity index (χ1v) is 12.9. The molecule has 1 aliphatic carbocycles. The Kier molecular flexibility index (Phi) is 7.53. The first-order valence-electron chi connectivity index (χ1n) is 11.5. The van der Waals surface area contributed by atoms with Crippen molar-refractivity contribution in [2.45, 2.75) is 68.5 Å². The Hall–Kier alpha value is -2.20. The van der Waals surface area contributed by atoms with Crippen LogP contribution in [0.5, 0.6) is 0 Å². The molecule has 2 aliphatic heterocycles. The number of fused-ring (bicyclic) bond motifs is 1. The van der Waals surface area contributed by atoms with Gasteiger partial charge in [0.05, 0.1) is 23.1 Å². The summed E-state index contributed by atoms with van der Waals surface area (Å²) < 4.78 is 35.3. The van der Waals surface area contributed by atoms with Crippen molar-refractivity contribution in [3.05, 3.63) is 53.4 Å². The van der Waals surface area contributed by atoms with E-state index in [-0.39, 0.29) is 18.1 Å².